The zero-order valence-electron chi connectivity index (χ0n) is 12.8. The molecule has 5 nitrogen and oxygen atoms in total. The van der Waals surface area contributed by atoms with Crippen LogP contribution in [0.2, 0.25) is 0 Å². The molecule has 5 heteroatoms. The Morgan fingerprint density at radius 3 is 2.52 bits per heavy atom. The molecular formula is C16H24N2O3. The molecule has 0 atom stereocenters. The van der Waals surface area contributed by atoms with Crippen molar-refractivity contribution >= 4 is 11.6 Å². The lowest BCUT2D eigenvalue weighted by Gasteiger charge is -2.39. The maximum absolute atomic E-state index is 12.5. The van der Waals surface area contributed by atoms with Gasteiger partial charge in [0, 0.05) is 12.6 Å². The van der Waals surface area contributed by atoms with E-state index in [0.717, 1.165) is 19.3 Å². The van der Waals surface area contributed by atoms with E-state index in [-0.39, 0.29) is 5.91 Å². The summed E-state index contributed by atoms with van der Waals surface area (Å²) in [6, 6.07) is 5.46. The summed E-state index contributed by atoms with van der Waals surface area (Å²) in [4.78, 5) is 12.5. The second-order valence-corrected chi connectivity index (χ2v) is 5.32. The minimum absolute atomic E-state index is 0.0224. The van der Waals surface area contributed by atoms with E-state index in [0.29, 0.717) is 36.9 Å². The summed E-state index contributed by atoms with van der Waals surface area (Å²) in [5, 5.41) is 2.96. The first-order chi connectivity index (χ1) is 10.1. The third kappa shape index (κ3) is 3.29. The number of nitrogens with two attached hydrogens (primary N) is 1. The Kier molecular flexibility index (Phi) is 5.07. The van der Waals surface area contributed by atoms with Gasteiger partial charge >= 0.3 is 0 Å². The number of nitrogens with one attached hydrogen (secondary N) is 1. The lowest BCUT2D eigenvalue weighted by molar-refractivity contribution is -0.129. The third-order valence-corrected chi connectivity index (χ3v) is 3.99. The minimum atomic E-state index is -0.412. The Balaban J connectivity index is 2.19. The van der Waals surface area contributed by atoms with E-state index in [1.807, 2.05) is 26.0 Å². The first-order valence-electron chi connectivity index (χ1n) is 7.56. The number of carbonyl (C=O) groups is 1. The quantitative estimate of drug-likeness (QED) is 0.810. The second kappa shape index (κ2) is 6.80. The summed E-state index contributed by atoms with van der Waals surface area (Å²) < 4.78 is 11.0. The fourth-order valence-electron chi connectivity index (χ4n) is 2.53. The van der Waals surface area contributed by atoms with Crippen molar-refractivity contribution in [2.75, 3.05) is 25.1 Å². The molecule has 1 aliphatic rings. The van der Waals surface area contributed by atoms with Crippen LogP contribution in [0, 0.1) is 5.41 Å². The highest BCUT2D eigenvalue weighted by Gasteiger charge is 2.43. The number of hydrogen-bond donors (Lipinski definition) is 2. The van der Waals surface area contributed by atoms with Gasteiger partial charge in [0.15, 0.2) is 0 Å². The van der Waals surface area contributed by atoms with Crippen molar-refractivity contribution < 1.29 is 14.3 Å². The molecule has 0 unspecified atom stereocenters. The molecule has 0 spiro atoms. The number of anilines is 1. The largest absolute Gasteiger partial charge is 0.494 e. The van der Waals surface area contributed by atoms with E-state index in [4.69, 9.17) is 15.2 Å². The van der Waals surface area contributed by atoms with Gasteiger partial charge < -0.3 is 20.5 Å². The number of benzene rings is 1. The van der Waals surface area contributed by atoms with Crippen molar-refractivity contribution in [3.63, 3.8) is 0 Å². The van der Waals surface area contributed by atoms with Gasteiger partial charge in [-0.1, -0.05) is 6.42 Å². The van der Waals surface area contributed by atoms with Gasteiger partial charge in [0.25, 0.3) is 0 Å². The van der Waals surface area contributed by atoms with Gasteiger partial charge in [0.05, 0.1) is 24.3 Å². The fraction of sp³-hybridized carbons (Fsp3) is 0.562. The van der Waals surface area contributed by atoms with Gasteiger partial charge in [-0.05, 0) is 38.8 Å². The summed E-state index contributed by atoms with van der Waals surface area (Å²) in [6.45, 7) is 5.34. The molecule has 1 aromatic rings. The summed E-state index contributed by atoms with van der Waals surface area (Å²) in [6.07, 6.45) is 2.76. The van der Waals surface area contributed by atoms with Crippen LogP contribution in [0.25, 0.3) is 0 Å². The highest BCUT2D eigenvalue weighted by Crippen LogP contribution is 2.41. The highest BCUT2D eigenvalue weighted by atomic mass is 16.5. The maximum Gasteiger partial charge on any atom is 0.231 e. The highest BCUT2D eigenvalue weighted by molar-refractivity contribution is 5.97. The fourth-order valence-corrected chi connectivity index (χ4v) is 2.53. The summed E-state index contributed by atoms with van der Waals surface area (Å²) in [5.74, 6) is 1.35. The molecule has 116 valence electrons. The molecule has 3 N–H and O–H groups in total. The minimum Gasteiger partial charge on any atom is -0.494 e. The Morgan fingerprint density at radius 1 is 1.29 bits per heavy atom. The van der Waals surface area contributed by atoms with Crippen molar-refractivity contribution in [1.82, 2.24) is 0 Å². The van der Waals surface area contributed by atoms with E-state index in [2.05, 4.69) is 5.32 Å². The van der Waals surface area contributed by atoms with E-state index < -0.39 is 5.41 Å². The number of rotatable bonds is 7. The Labute approximate surface area is 125 Å². The topological polar surface area (TPSA) is 73.6 Å². The Morgan fingerprint density at radius 2 is 2.00 bits per heavy atom. The predicted octanol–water partition coefficient (Wildman–Crippen LogP) is 2.55. The Bertz CT molecular complexity index is 493. The molecule has 1 aliphatic carbocycles. The summed E-state index contributed by atoms with van der Waals surface area (Å²) in [5.41, 5.74) is 6.02. The average Bonchev–Trinajstić information content (AvgIpc) is 2.41. The maximum atomic E-state index is 12.5. The summed E-state index contributed by atoms with van der Waals surface area (Å²) >= 11 is 0. The molecule has 21 heavy (non-hydrogen) atoms. The SMILES string of the molecule is CCOc1ccc(OCC)c(NC(=O)C2(CN)CCC2)c1. The van der Waals surface area contributed by atoms with Crippen LogP contribution in [-0.2, 0) is 4.79 Å². The third-order valence-electron chi connectivity index (χ3n) is 3.99. The van der Waals surface area contributed by atoms with E-state index in [1.54, 1.807) is 6.07 Å². The smallest absolute Gasteiger partial charge is 0.231 e. The van der Waals surface area contributed by atoms with Crippen LogP contribution in [0.3, 0.4) is 0 Å². The molecular weight excluding hydrogens is 268 g/mol. The molecule has 0 aliphatic heterocycles. The molecule has 2 rings (SSSR count). The van der Waals surface area contributed by atoms with Gasteiger partial charge in [0.1, 0.15) is 11.5 Å². The number of amides is 1. The second-order valence-electron chi connectivity index (χ2n) is 5.32. The van der Waals surface area contributed by atoms with Crippen LogP contribution in [0.4, 0.5) is 5.69 Å². The molecule has 0 aromatic heterocycles. The molecule has 1 amide bonds. The van der Waals surface area contributed by atoms with Gasteiger partial charge in [-0.25, -0.2) is 0 Å². The van der Waals surface area contributed by atoms with Crippen molar-refractivity contribution in [1.29, 1.82) is 0 Å². The first-order valence-corrected chi connectivity index (χ1v) is 7.56. The van der Waals surface area contributed by atoms with E-state index in [9.17, 15) is 4.79 Å². The van der Waals surface area contributed by atoms with Gasteiger partial charge in [-0.2, -0.15) is 0 Å². The normalized spacial score (nSPS) is 16.0. The zero-order chi connectivity index (χ0) is 15.3. The molecule has 1 saturated carbocycles. The van der Waals surface area contributed by atoms with Crippen molar-refractivity contribution in [2.24, 2.45) is 11.1 Å². The zero-order valence-corrected chi connectivity index (χ0v) is 12.8. The van der Waals surface area contributed by atoms with Crippen molar-refractivity contribution in [3.05, 3.63) is 18.2 Å². The van der Waals surface area contributed by atoms with Crippen LogP contribution >= 0.6 is 0 Å². The van der Waals surface area contributed by atoms with Crippen LogP contribution < -0.4 is 20.5 Å². The number of carbonyl (C=O) groups excluding carboxylic acids is 1. The first kappa shape index (κ1) is 15.6. The van der Waals surface area contributed by atoms with Crippen LogP contribution in [0.15, 0.2) is 18.2 Å². The average molecular weight is 292 g/mol. The number of ether oxygens (including phenoxy) is 2. The monoisotopic (exact) mass is 292 g/mol. The lowest BCUT2D eigenvalue weighted by atomic mass is 9.68. The van der Waals surface area contributed by atoms with Gasteiger partial charge in [-0.15, -0.1) is 0 Å². The van der Waals surface area contributed by atoms with Crippen LogP contribution in [0.5, 0.6) is 11.5 Å². The van der Waals surface area contributed by atoms with Gasteiger partial charge in [0.2, 0.25) is 5.91 Å². The van der Waals surface area contributed by atoms with E-state index in [1.165, 1.54) is 0 Å². The Hall–Kier alpha value is -1.75. The van der Waals surface area contributed by atoms with Gasteiger partial charge in [-0.3, -0.25) is 4.79 Å². The van der Waals surface area contributed by atoms with Crippen LogP contribution in [0.1, 0.15) is 33.1 Å². The molecule has 0 heterocycles. The predicted molar refractivity (Wildman–Crippen MR) is 82.7 cm³/mol. The van der Waals surface area contributed by atoms with Crippen LogP contribution in [-0.4, -0.2) is 25.7 Å². The number of hydrogen-bond acceptors (Lipinski definition) is 4. The summed E-state index contributed by atoms with van der Waals surface area (Å²) in [7, 11) is 0. The van der Waals surface area contributed by atoms with Crippen molar-refractivity contribution in [2.45, 2.75) is 33.1 Å². The standard InChI is InChI=1S/C16H24N2O3/c1-3-20-12-6-7-14(21-4-2)13(10-12)18-15(19)16(11-17)8-5-9-16/h6-7,10H,3-5,8-9,11,17H2,1-2H3,(H,18,19). The molecule has 0 bridgehead atoms. The molecule has 0 radical (unpaired) electrons. The molecule has 1 fully saturated rings. The van der Waals surface area contributed by atoms with Crippen molar-refractivity contribution in [3.8, 4) is 11.5 Å². The lowest BCUT2D eigenvalue weighted by Crippen LogP contribution is -2.47. The molecule has 0 saturated heterocycles. The van der Waals surface area contributed by atoms with E-state index >= 15 is 0 Å². The molecule has 1 aromatic carbocycles.